The van der Waals surface area contributed by atoms with E-state index < -0.39 is 0 Å². The van der Waals surface area contributed by atoms with Gasteiger partial charge in [0.2, 0.25) is 0 Å². The highest BCUT2D eigenvalue weighted by Crippen LogP contribution is 2.27. The zero-order valence-electron chi connectivity index (χ0n) is 14.9. The fourth-order valence-corrected chi connectivity index (χ4v) is 3.58. The summed E-state index contributed by atoms with van der Waals surface area (Å²) in [6, 6.07) is 18.1. The molecule has 1 fully saturated rings. The van der Waals surface area contributed by atoms with Crippen molar-refractivity contribution in [3.8, 4) is 11.3 Å². The summed E-state index contributed by atoms with van der Waals surface area (Å²) >= 11 is 0. The molecule has 1 aromatic heterocycles. The van der Waals surface area contributed by atoms with Gasteiger partial charge in [-0.25, -0.2) is 0 Å². The summed E-state index contributed by atoms with van der Waals surface area (Å²) in [5, 5.41) is 2.24. The average Bonchev–Trinajstić information content (AvgIpc) is 2.73. The Morgan fingerprint density at radius 3 is 2.96 bits per heavy atom. The maximum Gasteiger partial charge on any atom is 0.254 e. The molecule has 0 N–H and O–H groups in total. The van der Waals surface area contributed by atoms with Crippen molar-refractivity contribution in [1.29, 1.82) is 0 Å². The van der Waals surface area contributed by atoms with Gasteiger partial charge in [0.05, 0.1) is 24.9 Å². The Kier molecular flexibility index (Phi) is 4.67. The third-order valence-corrected chi connectivity index (χ3v) is 5.02. The number of amides is 1. The van der Waals surface area contributed by atoms with Crippen molar-refractivity contribution in [3.05, 3.63) is 66.4 Å². The number of nitrogens with zero attached hydrogens (tertiary/aromatic N) is 2. The van der Waals surface area contributed by atoms with Crippen LogP contribution in [0.25, 0.3) is 22.0 Å². The Labute approximate surface area is 153 Å². The first-order valence-electron chi connectivity index (χ1n) is 9.11. The molecule has 1 unspecified atom stereocenters. The van der Waals surface area contributed by atoms with E-state index in [4.69, 9.17) is 4.74 Å². The summed E-state index contributed by atoms with van der Waals surface area (Å²) in [6.45, 7) is 3.96. The van der Waals surface area contributed by atoms with Gasteiger partial charge in [-0.15, -0.1) is 0 Å². The van der Waals surface area contributed by atoms with Crippen LogP contribution in [0.15, 0.2) is 60.8 Å². The molecule has 1 aliphatic rings. The van der Waals surface area contributed by atoms with E-state index in [9.17, 15) is 4.79 Å². The van der Waals surface area contributed by atoms with Crippen LogP contribution >= 0.6 is 0 Å². The van der Waals surface area contributed by atoms with E-state index in [0.29, 0.717) is 25.3 Å². The summed E-state index contributed by atoms with van der Waals surface area (Å²) in [4.78, 5) is 19.6. The smallest absolute Gasteiger partial charge is 0.254 e. The first-order chi connectivity index (χ1) is 12.8. The Morgan fingerprint density at radius 1 is 1.19 bits per heavy atom. The van der Waals surface area contributed by atoms with Gasteiger partial charge >= 0.3 is 0 Å². The van der Waals surface area contributed by atoms with Crippen molar-refractivity contribution in [2.45, 2.75) is 19.4 Å². The number of hydrogen-bond donors (Lipinski definition) is 0. The van der Waals surface area contributed by atoms with Crippen LogP contribution in [0, 0.1) is 0 Å². The van der Waals surface area contributed by atoms with Crippen LogP contribution < -0.4 is 0 Å². The predicted octanol–water partition coefficient (Wildman–Crippen LogP) is 4.15. The fourth-order valence-electron chi connectivity index (χ4n) is 3.58. The van der Waals surface area contributed by atoms with E-state index in [2.05, 4.69) is 24.0 Å². The van der Waals surface area contributed by atoms with Crippen LogP contribution in [0.3, 0.4) is 0 Å². The average molecular weight is 346 g/mol. The zero-order chi connectivity index (χ0) is 17.9. The maximum absolute atomic E-state index is 13.1. The van der Waals surface area contributed by atoms with Crippen LogP contribution in [-0.4, -0.2) is 41.6 Å². The highest BCUT2D eigenvalue weighted by Gasteiger charge is 2.26. The molecule has 1 amide bonds. The van der Waals surface area contributed by atoms with Gasteiger partial charge in [-0.1, -0.05) is 43.3 Å². The molecule has 4 rings (SSSR count). The molecule has 2 heterocycles. The minimum Gasteiger partial charge on any atom is -0.377 e. The highest BCUT2D eigenvalue weighted by molar-refractivity contribution is 5.98. The largest absolute Gasteiger partial charge is 0.377 e. The molecule has 132 valence electrons. The van der Waals surface area contributed by atoms with E-state index in [1.165, 1.54) is 0 Å². The lowest BCUT2D eigenvalue weighted by Gasteiger charge is -2.35. The summed E-state index contributed by atoms with van der Waals surface area (Å²) in [5.41, 5.74) is 2.58. The van der Waals surface area contributed by atoms with Crippen LogP contribution in [0.4, 0.5) is 0 Å². The minimum absolute atomic E-state index is 0.0715. The number of pyridine rings is 1. The van der Waals surface area contributed by atoms with E-state index in [1.54, 1.807) is 0 Å². The van der Waals surface area contributed by atoms with Gasteiger partial charge in [0.1, 0.15) is 0 Å². The number of morpholine rings is 1. The summed E-state index contributed by atoms with van der Waals surface area (Å²) in [6.07, 6.45) is 2.72. The predicted molar refractivity (Wildman–Crippen MR) is 103 cm³/mol. The number of carbonyl (C=O) groups excluding carboxylic acids is 1. The van der Waals surface area contributed by atoms with E-state index >= 15 is 0 Å². The van der Waals surface area contributed by atoms with Gasteiger partial charge in [0.15, 0.2) is 0 Å². The van der Waals surface area contributed by atoms with Crippen molar-refractivity contribution < 1.29 is 9.53 Å². The van der Waals surface area contributed by atoms with Gasteiger partial charge in [0, 0.05) is 29.3 Å². The number of carbonyl (C=O) groups is 1. The minimum atomic E-state index is 0.0715. The zero-order valence-corrected chi connectivity index (χ0v) is 14.9. The number of rotatable bonds is 3. The second-order valence-corrected chi connectivity index (χ2v) is 6.60. The van der Waals surface area contributed by atoms with Crippen molar-refractivity contribution in [2.24, 2.45) is 0 Å². The van der Waals surface area contributed by atoms with E-state index in [1.807, 2.05) is 53.6 Å². The molecule has 3 aromatic rings. The van der Waals surface area contributed by atoms with E-state index in [0.717, 1.165) is 28.5 Å². The Balaban J connectivity index is 1.71. The second kappa shape index (κ2) is 7.26. The summed E-state index contributed by atoms with van der Waals surface area (Å²) in [7, 11) is 0. The molecule has 0 bridgehead atoms. The lowest BCUT2D eigenvalue weighted by Crippen LogP contribution is -2.48. The maximum atomic E-state index is 13.1. The molecule has 0 spiro atoms. The Morgan fingerprint density at radius 2 is 2.08 bits per heavy atom. The van der Waals surface area contributed by atoms with Gasteiger partial charge in [-0.2, -0.15) is 0 Å². The van der Waals surface area contributed by atoms with Crippen molar-refractivity contribution in [2.75, 3.05) is 19.8 Å². The first kappa shape index (κ1) is 16.7. The van der Waals surface area contributed by atoms with Crippen LogP contribution in [-0.2, 0) is 4.74 Å². The normalized spacial score (nSPS) is 17.4. The number of hydrogen-bond acceptors (Lipinski definition) is 3. The molecule has 1 aliphatic heterocycles. The lowest BCUT2D eigenvalue weighted by atomic mass is 10.0. The second-order valence-electron chi connectivity index (χ2n) is 6.60. The van der Waals surface area contributed by atoms with E-state index in [-0.39, 0.29) is 11.9 Å². The molecule has 0 saturated carbocycles. The quantitative estimate of drug-likeness (QED) is 0.715. The van der Waals surface area contributed by atoms with Crippen LogP contribution in [0.2, 0.25) is 0 Å². The summed E-state index contributed by atoms with van der Waals surface area (Å²) in [5.74, 6) is 0.0715. The van der Waals surface area contributed by atoms with Crippen molar-refractivity contribution >= 4 is 16.7 Å². The molecule has 0 aliphatic carbocycles. The third kappa shape index (κ3) is 3.08. The van der Waals surface area contributed by atoms with Gasteiger partial charge in [-0.3, -0.25) is 9.78 Å². The number of ether oxygens (including phenoxy) is 1. The van der Waals surface area contributed by atoms with Gasteiger partial charge in [-0.05, 0) is 30.0 Å². The molecule has 1 saturated heterocycles. The third-order valence-electron chi connectivity index (χ3n) is 5.02. The SMILES string of the molecule is CCC1COCCN1C(=O)c1cccc(-c2nccc3ccccc23)c1. The van der Waals surface area contributed by atoms with Crippen LogP contribution in [0.5, 0.6) is 0 Å². The fraction of sp³-hybridized carbons (Fsp3) is 0.273. The molecular formula is C22H22N2O2. The molecule has 1 atom stereocenters. The summed E-state index contributed by atoms with van der Waals surface area (Å²) < 4.78 is 5.53. The molecule has 4 nitrogen and oxygen atoms in total. The molecule has 26 heavy (non-hydrogen) atoms. The lowest BCUT2D eigenvalue weighted by molar-refractivity contribution is -0.00279. The van der Waals surface area contributed by atoms with Gasteiger partial charge < -0.3 is 9.64 Å². The number of benzene rings is 2. The van der Waals surface area contributed by atoms with Gasteiger partial charge in [0.25, 0.3) is 5.91 Å². The van der Waals surface area contributed by atoms with Crippen LogP contribution in [0.1, 0.15) is 23.7 Å². The van der Waals surface area contributed by atoms with Crippen molar-refractivity contribution in [3.63, 3.8) is 0 Å². The molecule has 2 aromatic carbocycles. The van der Waals surface area contributed by atoms with Crippen molar-refractivity contribution in [1.82, 2.24) is 9.88 Å². The number of fused-ring (bicyclic) bond motifs is 1. The Hall–Kier alpha value is -2.72. The standard InChI is InChI=1S/C22H22N2O2/c1-2-19-15-26-13-12-24(19)22(25)18-8-5-7-17(14-18)21-20-9-4-3-6-16(20)10-11-23-21/h3-11,14,19H,2,12-13,15H2,1H3. The molecule has 4 heteroatoms. The highest BCUT2D eigenvalue weighted by atomic mass is 16.5. The topological polar surface area (TPSA) is 42.4 Å². The molecule has 0 radical (unpaired) electrons. The Bertz CT molecular complexity index is 933. The molecular weight excluding hydrogens is 324 g/mol. The number of aromatic nitrogens is 1. The first-order valence-corrected chi connectivity index (χ1v) is 9.11. The monoisotopic (exact) mass is 346 g/mol.